The fourth-order valence-corrected chi connectivity index (χ4v) is 2.80. The number of halogens is 1. The molecule has 0 aliphatic carbocycles. The number of pyridine rings is 1. The van der Waals surface area contributed by atoms with E-state index in [9.17, 15) is 12.8 Å². The first-order chi connectivity index (χ1) is 9.49. The van der Waals surface area contributed by atoms with Crippen molar-refractivity contribution in [3.63, 3.8) is 0 Å². The lowest BCUT2D eigenvalue weighted by molar-refractivity contribution is 0.578. The zero-order valence-corrected chi connectivity index (χ0v) is 11.4. The minimum Gasteiger partial charge on any atom is -0.396 e. The lowest BCUT2D eigenvalue weighted by Gasteiger charge is -2.08. The normalized spacial score (nSPS) is 11.4. The average Bonchev–Trinajstić information content (AvgIpc) is 2.39. The first-order valence-electron chi connectivity index (χ1n) is 5.93. The first-order valence-corrected chi connectivity index (χ1v) is 7.42. The Bertz CT molecular complexity index is 704. The van der Waals surface area contributed by atoms with Crippen molar-refractivity contribution in [3.8, 4) is 0 Å². The van der Waals surface area contributed by atoms with Crippen molar-refractivity contribution in [2.75, 3.05) is 12.3 Å². The summed E-state index contributed by atoms with van der Waals surface area (Å²) in [6.45, 7) is 0.141. The molecule has 0 aliphatic heterocycles. The van der Waals surface area contributed by atoms with Crippen LogP contribution in [-0.2, 0) is 16.4 Å². The van der Waals surface area contributed by atoms with Crippen LogP contribution >= 0.6 is 0 Å². The molecular formula is C13H14FN3O2S. The zero-order chi connectivity index (χ0) is 14.6. The minimum atomic E-state index is -3.75. The van der Waals surface area contributed by atoms with Gasteiger partial charge in [-0.2, -0.15) is 0 Å². The van der Waals surface area contributed by atoms with Crippen LogP contribution in [0, 0.1) is 5.82 Å². The van der Waals surface area contributed by atoms with Gasteiger partial charge in [-0.1, -0.05) is 12.1 Å². The summed E-state index contributed by atoms with van der Waals surface area (Å²) >= 11 is 0. The van der Waals surface area contributed by atoms with E-state index in [1.165, 1.54) is 24.4 Å². The van der Waals surface area contributed by atoms with Crippen molar-refractivity contribution in [1.82, 2.24) is 9.71 Å². The summed E-state index contributed by atoms with van der Waals surface area (Å²) in [5, 5.41) is -0.195. The molecule has 106 valence electrons. The molecule has 3 N–H and O–H groups in total. The number of rotatable bonds is 5. The van der Waals surface area contributed by atoms with E-state index in [1.54, 1.807) is 18.2 Å². The number of benzene rings is 1. The van der Waals surface area contributed by atoms with Gasteiger partial charge in [-0.25, -0.2) is 22.5 Å². The van der Waals surface area contributed by atoms with E-state index in [0.29, 0.717) is 12.0 Å². The molecule has 0 radical (unpaired) electrons. The van der Waals surface area contributed by atoms with Crippen LogP contribution in [0.25, 0.3) is 0 Å². The van der Waals surface area contributed by atoms with Crippen LogP contribution in [0.1, 0.15) is 5.56 Å². The SMILES string of the molecule is Nc1cccnc1S(=O)(=O)NCCc1cccc(F)c1. The summed E-state index contributed by atoms with van der Waals surface area (Å²) in [4.78, 5) is 3.75. The Morgan fingerprint density at radius 2 is 2.05 bits per heavy atom. The van der Waals surface area contributed by atoms with Crippen molar-refractivity contribution in [1.29, 1.82) is 0 Å². The van der Waals surface area contributed by atoms with E-state index in [2.05, 4.69) is 9.71 Å². The molecule has 1 aromatic heterocycles. The van der Waals surface area contributed by atoms with Gasteiger partial charge in [-0.05, 0) is 36.2 Å². The number of sulfonamides is 1. The van der Waals surface area contributed by atoms with Gasteiger partial charge >= 0.3 is 0 Å². The molecule has 0 saturated carbocycles. The highest BCUT2D eigenvalue weighted by Gasteiger charge is 2.17. The summed E-state index contributed by atoms with van der Waals surface area (Å²) < 4.78 is 39.3. The third kappa shape index (κ3) is 3.52. The lowest BCUT2D eigenvalue weighted by atomic mass is 10.1. The van der Waals surface area contributed by atoms with Crippen molar-refractivity contribution in [2.24, 2.45) is 0 Å². The van der Waals surface area contributed by atoms with E-state index < -0.39 is 10.0 Å². The number of nitrogens with two attached hydrogens (primary N) is 1. The highest BCUT2D eigenvalue weighted by molar-refractivity contribution is 7.89. The van der Waals surface area contributed by atoms with Crippen LogP contribution in [0.4, 0.5) is 10.1 Å². The Morgan fingerprint density at radius 1 is 1.25 bits per heavy atom. The predicted molar refractivity (Wildman–Crippen MR) is 73.9 cm³/mol. The molecule has 0 unspecified atom stereocenters. The number of nitrogen functional groups attached to an aromatic ring is 1. The molecule has 5 nitrogen and oxygen atoms in total. The molecule has 2 aromatic rings. The second-order valence-electron chi connectivity index (χ2n) is 4.18. The summed E-state index contributed by atoms with van der Waals surface area (Å²) in [5.74, 6) is -0.348. The van der Waals surface area contributed by atoms with Gasteiger partial charge in [0, 0.05) is 12.7 Å². The van der Waals surface area contributed by atoms with Gasteiger partial charge in [0.25, 0.3) is 10.0 Å². The van der Waals surface area contributed by atoms with Crippen LogP contribution in [0.15, 0.2) is 47.6 Å². The van der Waals surface area contributed by atoms with Gasteiger partial charge < -0.3 is 5.73 Å². The van der Waals surface area contributed by atoms with Crippen LogP contribution in [-0.4, -0.2) is 19.9 Å². The van der Waals surface area contributed by atoms with Crippen LogP contribution < -0.4 is 10.5 Å². The lowest BCUT2D eigenvalue weighted by Crippen LogP contribution is -2.27. The topological polar surface area (TPSA) is 85.1 Å². The van der Waals surface area contributed by atoms with Crippen molar-refractivity contribution < 1.29 is 12.8 Å². The third-order valence-corrected chi connectivity index (χ3v) is 4.08. The van der Waals surface area contributed by atoms with Crippen molar-refractivity contribution in [2.45, 2.75) is 11.4 Å². The van der Waals surface area contributed by atoms with Gasteiger partial charge in [-0.3, -0.25) is 0 Å². The smallest absolute Gasteiger partial charge is 0.260 e. The molecule has 1 heterocycles. The van der Waals surface area contributed by atoms with Crippen LogP contribution in [0.5, 0.6) is 0 Å². The average molecular weight is 295 g/mol. The highest BCUT2D eigenvalue weighted by Crippen LogP contribution is 2.13. The van der Waals surface area contributed by atoms with E-state index in [-0.39, 0.29) is 23.1 Å². The fourth-order valence-electron chi connectivity index (χ4n) is 1.72. The molecule has 7 heteroatoms. The van der Waals surface area contributed by atoms with E-state index in [4.69, 9.17) is 5.73 Å². The second kappa shape index (κ2) is 5.98. The van der Waals surface area contributed by atoms with Gasteiger partial charge in [0.05, 0.1) is 5.69 Å². The predicted octanol–water partition coefficient (Wildman–Crippen LogP) is 1.32. The third-order valence-electron chi connectivity index (χ3n) is 2.65. The highest BCUT2D eigenvalue weighted by atomic mass is 32.2. The summed E-state index contributed by atoms with van der Waals surface area (Å²) in [7, 11) is -3.75. The molecule has 0 bridgehead atoms. The maximum Gasteiger partial charge on any atom is 0.260 e. The number of nitrogens with one attached hydrogen (secondary N) is 1. The second-order valence-corrected chi connectivity index (χ2v) is 5.86. The maximum atomic E-state index is 13.0. The Kier molecular flexibility index (Phi) is 4.31. The Labute approximate surface area is 116 Å². The van der Waals surface area contributed by atoms with E-state index in [0.717, 1.165) is 0 Å². The molecule has 0 fully saturated rings. The molecule has 0 saturated heterocycles. The van der Waals surface area contributed by atoms with Gasteiger partial charge in [0.2, 0.25) is 0 Å². The molecule has 0 amide bonds. The molecule has 20 heavy (non-hydrogen) atoms. The van der Waals surface area contributed by atoms with Crippen LogP contribution in [0.2, 0.25) is 0 Å². The van der Waals surface area contributed by atoms with Gasteiger partial charge in [0.15, 0.2) is 5.03 Å². The number of nitrogens with zero attached hydrogens (tertiary/aromatic N) is 1. The molecule has 0 atom stereocenters. The monoisotopic (exact) mass is 295 g/mol. The summed E-state index contributed by atoms with van der Waals surface area (Å²) in [6, 6.07) is 9.03. The van der Waals surface area contributed by atoms with Crippen molar-refractivity contribution in [3.05, 3.63) is 54.0 Å². The van der Waals surface area contributed by atoms with Crippen molar-refractivity contribution >= 4 is 15.7 Å². The molecule has 1 aromatic carbocycles. The zero-order valence-electron chi connectivity index (χ0n) is 10.6. The molecule has 0 aliphatic rings. The number of aromatic nitrogens is 1. The van der Waals surface area contributed by atoms with Gasteiger partial charge in [0.1, 0.15) is 5.82 Å². The van der Waals surface area contributed by atoms with E-state index >= 15 is 0 Å². The number of hydrogen-bond donors (Lipinski definition) is 2. The standard InChI is InChI=1S/C13H14FN3O2S/c14-11-4-1-3-10(9-11)6-8-17-20(18,19)13-12(15)5-2-7-16-13/h1-5,7,9,17H,6,8,15H2. The quantitative estimate of drug-likeness (QED) is 0.871. The first kappa shape index (κ1) is 14.4. The summed E-state index contributed by atoms with van der Waals surface area (Å²) in [6.07, 6.45) is 1.74. The Hall–Kier alpha value is -1.99. The number of hydrogen-bond acceptors (Lipinski definition) is 4. The Morgan fingerprint density at radius 3 is 2.75 bits per heavy atom. The van der Waals surface area contributed by atoms with Crippen LogP contribution in [0.3, 0.4) is 0 Å². The Balaban J connectivity index is 2.02. The summed E-state index contributed by atoms with van der Waals surface area (Å²) in [5.41, 5.74) is 6.38. The maximum absolute atomic E-state index is 13.0. The fraction of sp³-hybridized carbons (Fsp3) is 0.154. The van der Waals surface area contributed by atoms with E-state index in [1.807, 2.05) is 0 Å². The largest absolute Gasteiger partial charge is 0.396 e. The molecule has 2 rings (SSSR count). The number of anilines is 1. The van der Waals surface area contributed by atoms with Gasteiger partial charge in [-0.15, -0.1) is 0 Å². The molecule has 0 spiro atoms. The minimum absolute atomic E-state index is 0.0887. The molecular weight excluding hydrogens is 281 g/mol.